The predicted molar refractivity (Wildman–Crippen MR) is 71.6 cm³/mol. The van der Waals surface area contributed by atoms with Gasteiger partial charge in [-0.15, -0.1) is 0 Å². The summed E-state index contributed by atoms with van der Waals surface area (Å²) >= 11 is 0. The number of benzene rings is 1. The third-order valence-corrected chi connectivity index (χ3v) is 3.42. The topological polar surface area (TPSA) is 41.6 Å². The van der Waals surface area contributed by atoms with E-state index >= 15 is 0 Å². The zero-order valence-corrected chi connectivity index (χ0v) is 11.1. The minimum Gasteiger partial charge on any atom is -0.467 e. The molecule has 0 amide bonds. The maximum Gasteiger partial charge on any atom is 0.328 e. The van der Waals surface area contributed by atoms with Crippen LogP contribution in [0.15, 0.2) is 24.3 Å². The predicted octanol–water partition coefficient (Wildman–Crippen LogP) is 1.55. The molecule has 18 heavy (non-hydrogen) atoms. The molecule has 98 valence electrons. The molecule has 0 saturated carbocycles. The molecular weight excluding hydrogens is 228 g/mol. The number of rotatable bonds is 2. The number of nitrogens with one attached hydrogen (secondary N) is 1. The van der Waals surface area contributed by atoms with E-state index in [1.807, 2.05) is 19.1 Å². The molecular formula is C14H20N2O2. The lowest BCUT2D eigenvalue weighted by atomic mass is 10.1. The second kappa shape index (κ2) is 5.40. The Morgan fingerprint density at radius 3 is 2.94 bits per heavy atom. The van der Waals surface area contributed by atoms with Crippen LogP contribution in [0, 0.1) is 0 Å². The first kappa shape index (κ1) is 12.9. The van der Waals surface area contributed by atoms with Gasteiger partial charge in [-0.05, 0) is 25.5 Å². The molecule has 0 radical (unpaired) electrons. The monoisotopic (exact) mass is 248 g/mol. The molecule has 0 fully saturated rings. The summed E-state index contributed by atoms with van der Waals surface area (Å²) in [7, 11) is 1.43. The third kappa shape index (κ3) is 2.48. The largest absolute Gasteiger partial charge is 0.467 e. The summed E-state index contributed by atoms with van der Waals surface area (Å²) in [6, 6.07) is 8.26. The average Bonchev–Trinajstić information content (AvgIpc) is 2.57. The van der Waals surface area contributed by atoms with Gasteiger partial charge in [0.05, 0.1) is 7.11 Å². The molecule has 1 aliphatic rings. The minimum atomic E-state index is -0.265. The van der Waals surface area contributed by atoms with Crippen LogP contribution in [0.25, 0.3) is 0 Å². The molecule has 0 spiro atoms. The van der Waals surface area contributed by atoms with Gasteiger partial charge in [-0.2, -0.15) is 0 Å². The van der Waals surface area contributed by atoms with Gasteiger partial charge in [0.25, 0.3) is 0 Å². The van der Waals surface area contributed by atoms with Crippen molar-refractivity contribution in [3.05, 3.63) is 29.8 Å². The molecule has 1 heterocycles. The number of para-hydroxylation sites is 1. The van der Waals surface area contributed by atoms with Crippen LogP contribution in [-0.4, -0.2) is 31.7 Å². The van der Waals surface area contributed by atoms with Crippen molar-refractivity contribution in [1.82, 2.24) is 5.32 Å². The summed E-state index contributed by atoms with van der Waals surface area (Å²) in [6.45, 7) is 5.65. The first-order valence-corrected chi connectivity index (χ1v) is 6.29. The van der Waals surface area contributed by atoms with Gasteiger partial charge in [-0.25, -0.2) is 4.79 Å². The third-order valence-electron chi connectivity index (χ3n) is 3.42. The summed E-state index contributed by atoms with van der Waals surface area (Å²) in [5, 5.41) is 3.45. The fraction of sp³-hybridized carbons (Fsp3) is 0.500. The van der Waals surface area contributed by atoms with Gasteiger partial charge in [0, 0.05) is 24.8 Å². The number of esters is 1. The van der Waals surface area contributed by atoms with Crippen LogP contribution in [-0.2, 0) is 16.1 Å². The molecule has 0 aromatic heterocycles. The lowest BCUT2D eigenvalue weighted by Crippen LogP contribution is -2.45. The Kier molecular flexibility index (Phi) is 3.87. The van der Waals surface area contributed by atoms with Crippen LogP contribution in [0.3, 0.4) is 0 Å². The molecule has 4 nitrogen and oxygen atoms in total. The number of ether oxygens (including phenoxy) is 1. The van der Waals surface area contributed by atoms with Crippen LogP contribution in [0.4, 0.5) is 5.69 Å². The fourth-order valence-electron chi connectivity index (χ4n) is 2.35. The highest BCUT2D eigenvalue weighted by molar-refractivity contribution is 5.80. The summed E-state index contributed by atoms with van der Waals surface area (Å²) in [4.78, 5) is 13.9. The number of methoxy groups -OCH3 is 1. The molecule has 1 N–H and O–H groups in total. The lowest BCUT2D eigenvalue weighted by molar-refractivity contribution is -0.141. The van der Waals surface area contributed by atoms with E-state index in [4.69, 9.17) is 4.74 Å². The highest BCUT2D eigenvalue weighted by Crippen LogP contribution is 2.25. The molecule has 2 unspecified atom stereocenters. The molecule has 0 bridgehead atoms. The maximum absolute atomic E-state index is 11.8. The molecule has 4 heteroatoms. The van der Waals surface area contributed by atoms with Crippen LogP contribution in [0.1, 0.15) is 19.4 Å². The Bertz CT molecular complexity index is 434. The number of hydrogen-bond acceptors (Lipinski definition) is 4. The van der Waals surface area contributed by atoms with Gasteiger partial charge in [0.2, 0.25) is 0 Å². The van der Waals surface area contributed by atoms with Crippen molar-refractivity contribution in [2.75, 3.05) is 18.6 Å². The first-order chi connectivity index (χ1) is 8.63. The maximum atomic E-state index is 11.8. The summed E-state index contributed by atoms with van der Waals surface area (Å²) in [5.41, 5.74) is 2.34. The smallest absolute Gasteiger partial charge is 0.328 e. The van der Waals surface area contributed by atoms with Crippen LogP contribution in [0.2, 0.25) is 0 Å². The summed E-state index contributed by atoms with van der Waals surface area (Å²) in [6.07, 6.45) is 0. The van der Waals surface area contributed by atoms with Crippen molar-refractivity contribution in [1.29, 1.82) is 0 Å². The number of hydrogen-bond donors (Lipinski definition) is 1. The van der Waals surface area contributed by atoms with Gasteiger partial charge in [-0.1, -0.05) is 18.2 Å². The quantitative estimate of drug-likeness (QED) is 0.806. The van der Waals surface area contributed by atoms with Gasteiger partial charge < -0.3 is 15.0 Å². The SMILES string of the molecule is COC(=O)C(C)N1CC(C)NCc2ccccc21. The highest BCUT2D eigenvalue weighted by Gasteiger charge is 2.27. The van der Waals surface area contributed by atoms with Gasteiger partial charge in [0.15, 0.2) is 0 Å². The number of fused-ring (bicyclic) bond motifs is 1. The van der Waals surface area contributed by atoms with Crippen molar-refractivity contribution in [3.8, 4) is 0 Å². The molecule has 2 rings (SSSR count). The molecule has 2 atom stereocenters. The number of carbonyl (C=O) groups excluding carboxylic acids is 1. The van der Waals surface area contributed by atoms with E-state index in [0.29, 0.717) is 6.04 Å². The zero-order valence-electron chi connectivity index (χ0n) is 11.1. The average molecular weight is 248 g/mol. The standard InChI is InChI=1S/C14H20N2O2/c1-10-9-16(11(2)14(17)18-3)13-7-5-4-6-12(13)8-15-10/h4-7,10-11,15H,8-9H2,1-3H3. The molecule has 1 aliphatic heterocycles. The molecule has 1 aromatic rings. The Labute approximate surface area is 108 Å². The lowest BCUT2D eigenvalue weighted by Gasteiger charge is -2.30. The van der Waals surface area contributed by atoms with E-state index in [0.717, 1.165) is 18.8 Å². The minimum absolute atomic E-state index is 0.195. The molecule has 0 saturated heterocycles. The van der Waals surface area contributed by atoms with E-state index in [1.54, 1.807) is 0 Å². The van der Waals surface area contributed by atoms with E-state index in [-0.39, 0.29) is 12.0 Å². The number of nitrogens with zero attached hydrogens (tertiary/aromatic N) is 1. The van der Waals surface area contributed by atoms with Gasteiger partial charge >= 0.3 is 5.97 Å². The highest BCUT2D eigenvalue weighted by atomic mass is 16.5. The Morgan fingerprint density at radius 2 is 2.22 bits per heavy atom. The normalized spacial score (nSPS) is 20.8. The van der Waals surface area contributed by atoms with Crippen LogP contribution < -0.4 is 10.2 Å². The molecule has 1 aromatic carbocycles. The Balaban J connectivity index is 2.35. The van der Waals surface area contributed by atoms with Crippen molar-refractivity contribution >= 4 is 11.7 Å². The number of anilines is 1. The zero-order chi connectivity index (χ0) is 13.1. The fourth-order valence-corrected chi connectivity index (χ4v) is 2.35. The Hall–Kier alpha value is -1.55. The van der Waals surface area contributed by atoms with Gasteiger partial charge in [-0.3, -0.25) is 0 Å². The Morgan fingerprint density at radius 1 is 1.50 bits per heavy atom. The number of carbonyl (C=O) groups is 1. The van der Waals surface area contributed by atoms with Crippen molar-refractivity contribution in [2.45, 2.75) is 32.5 Å². The summed E-state index contributed by atoms with van der Waals surface area (Å²) < 4.78 is 4.86. The summed E-state index contributed by atoms with van der Waals surface area (Å²) in [5.74, 6) is -0.195. The van der Waals surface area contributed by atoms with Crippen LogP contribution in [0.5, 0.6) is 0 Å². The van der Waals surface area contributed by atoms with E-state index in [2.05, 4.69) is 29.3 Å². The van der Waals surface area contributed by atoms with Crippen molar-refractivity contribution in [3.63, 3.8) is 0 Å². The van der Waals surface area contributed by atoms with E-state index in [9.17, 15) is 4.79 Å². The van der Waals surface area contributed by atoms with Crippen molar-refractivity contribution < 1.29 is 9.53 Å². The van der Waals surface area contributed by atoms with Gasteiger partial charge in [0.1, 0.15) is 6.04 Å². The van der Waals surface area contributed by atoms with E-state index in [1.165, 1.54) is 12.7 Å². The second-order valence-electron chi connectivity index (χ2n) is 4.76. The van der Waals surface area contributed by atoms with Crippen molar-refractivity contribution in [2.24, 2.45) is 0 Å². The van der Waals surface area contributed by atoms with Crippen LogP contribution >= 0.6 is 0 Å². The first-order valence-electron chi connectivity index (χ1n) is 6.29. The van der Waals surface area contributed by atoms with E-state index < -0.39 is 0 Å². The second-order valence-corrected chi connectivity index (χ2v) is 4.76. The molecule has 0 aliphatic carbocycles.